The van der Waals surface area contributed by atoms with Gasteiger partial charge in [-0.1, -0.05) is 344 Å². The molecule has 0 bridgehead atoms. The molecule has 0 radical (unpaired) electrons. The Labute approximate surface area is 516 Å². The molecule has 0 aliphatic rings. The third-order valence-electron chi connectivity index (χ3n) is 16.2. The molecule has 0 saturated heterocycles. The Bertz CT molecular complexity index is 1520. The van der Waals surface area contributed by atoms with Crippen molar-refractivity contribution in [1.82, 2.24) is 0 Å². The van der Waals surface area contributed by atoms with Gasteiger partial charge >= 0.3 is 17.9 Å². The molecule has 6 heteroatoms. The molecule has 0 rings (SSSR count). The summed E-state index contributed by atoms with van der Waals surface area (Å²) in [6.45, 7) is 6.57. The summed E-state index contributed by atoms with van der Waals surface area (Å²) in [5.74, 6) is -0.866. The Morgan fingerprint density at radius 3 is 0.735 bits per heavy atom. The van der Waals surface area contributed by atoms with Crippen LogP contribution in [0.3, 0.4) is 0 Å². The van der Waals surface area contributed by atoms with E-state index in [9.17, 15) is 14.4 Å². The Balaban J connectivity index is 4.33. The summed E-state index contributed by atoms with van der Waals surface area (Å²) in [6, 6.07) is 0. The summed E-state index contributed by atoms with van der Waals surface area (Å²) < 4.78 is 17.0. The number of carbonyl (C=O) groups is 3. The molecule has 0 aromatic rings. The van der Waals surface area contributed by atoms with Crippen molar-refractivity contribution in [2.75, 3.05) is 13.2 Å². The third-order valence-corrected chi connectivity index (χ3v) is 16.2. The second kappa shape index (κ2) is 71.3. The lowest BCUT2D eigenvalue weighted by atomic mass is 10.0. The highest BCUT2D eigenvalue weighted by Crippen LogP contribution is 2.18. The van der Waals surface area contributed by atoms with E-state index in [0.717, 1.165) is 96.3 Å². The first kappa shape index (κ1) is 79.8. The van der Waals surface area contributed by atoms with Gasteiger partial charge in [-0.15, -0.1) is 0 Å². The summed E-state index contributed by atoms with van der Waals surface area (Å²) in [5, 5.41) is 0. The zero-order valence-electron chi connectivity index (χ0n) is 55.5. The molecule has 0 aliphatic carbocycles. The van der Waals surface area contributed by atoms with Crippen molar-refractivity contribution in [3.8, 4) is 0 Å². The fraction of sp³-hybridized carbons (Fsp3) is 0.805. The molecule has 0 fully saturated rings. The lowest BCUT2D eigenvalue weighted by Crippen LogP contribution is -2.30. The quantitative estimate of drug-likeness (QED) is 0.0261. The predicted octanol–water partition coefficient (Wildman–Crippen LogP) is 25.2. The van der Waals surface area contributed by atoms with Gasteiger partial charge in [-0.2, -0.15) is 0 Å². The van der Waals surface area contributed by atoms with E-state index in [2.05, 4.69) is 93.7 Å². The van der Waals surface area contributed by atoms with Gasteiger partial charge in [0.1, 0.15) is 13.2 Å². The van der Waals surface area contributed by atoms with Crippen molar-refractivity contribution >= 4 is 17.9 Å². The zero-order chi connectivity index (χ0) is 59.9. The summed E-state index contributed by atoms with van der Waals surface area (Å²) in [4.78, 5) is 38.5. The van der Waals surface area contributed by atoms with Gasteiger partial charge in [-0.25, -0.2) is 0 Å². The van der Waals surface area contributed by atoms with Gasteiger partial charge in [-0.05, 0) is 89.9 Å². The molecule has 0 N–H and O–H groups in total. The maximum absolute atomic E-state index is 13.0. The number of carbonyl (C=O) groups excluding carboxylic acids is 3. The Morgan fingerprint density at radius 1 is 0.253 bits per heavy atom. The van der Waals surface area contributed by atoms with Gasteiger partial charge in [0.05, 0.1) is 0 Å². The van der Waals surface area contributed by atoms with Crippen molar-refractivity contribution < 1.29 is 28.6 Å². The van der Waals surface area contributed by atoms with Crippen LogP contribution in [0.4, 0.5) is 0 Å². The van der Waals surface area contributed by atoms with Crippen molar-refractivity contribution in [2.24, 2.45) is 0 Å². The Hall–Kier alpha value is -3.15. The van der Waals surface area contributed by atoms with Crippen molar-refractivity contribution in [3.63, 3.8) is 0 Å². The van der Waals surface area contributed by atoms with Gasteiger partial charge in [0, 0.05) is 19.3 Å². The average molecular weight is 1160 g/mol. The fourth-order valence-corrected chi connectivity index (χ4v) is 10.8. The largest absolute Gasteiger partial charge is 0.462 e. The van der Waals surface area contributed by atoms with Crippen LogP contribution in [0.25, 0.3) is 0 Å². The van der Waals surface area contributed by atoms with E-state index in [1.54, 1.807) is 0 Å². The minimum absolute atomic E-state index is 0.0773. The SMILES string of the molecule is CC/C=C\C/C=C\C/C=C\CCCCCCCCCC(=O)OCC(COC(=O)CCCCCCCCCCCC/C=C\C/C=C\C/C=C\CCCCCCC)OC(=O)CCCCCCCCCCCCCCCCCCCCCCCCC. The van der Waals surface area contributed by atoms with Gasteiger partial charge in [-0.3, -0.25) is 14.4 Å². The minimum Gasteiger partial charge on any atom is -0.462 e. The van der Waals surface area contributed by atoms with Crippen LogP contribution in [-0.4, -0.2) is 37.2 Å². The first-order valence-electron chi connectivity index (χ1n) is 36.4. The highest BCUT2D eigenvalue weighted by Gasteiger charge is 2.19. The van der Waals surface area contributed by atoms with Gasteiger partial charge in [0.15, 0.2) is 6.10 Å². The fourth-order valence-electron chi connectivity index (χ4n) is 10.8. The molecule has 0 aliphatic heterocycles. The molecule has 0 aromatic heterocycles. The molecule has 1 unspecified atom stereocenters. The van der Waals surface area contributed by atoms with Crippen LogP contribution in [0.15, 0.2) is 72.9 Å². The van der Waals surface area contributed by atoms with Crippen molar-refractivity contribution in [1.29, 1.82) is 0 Å². The second-order valence-corrected chi connectivity index (χ2v) is 24.5. The van der Waals surface area contributed by atoms with Crippen LogP contribution in [-0.2, 0) is 28.6 Å². The van der Waals surface area contributed by atoms with E-state index >= 15 is 0 Å². The summed E-state index contributed by atoms with van der Waals surface area (Å²) in [5.41, 5.74) is 0. The van der Waals surface area contributed by atoms with Crippen LogP contribution < -0.4 is 0 Å². The number of rotatable bonds is 67. The lowest BCUT2D eigenvalue weighted by molar-refractivity contribution is -0.167. The normalized spacial score (nSPS) is 12.5. The number of ether oxygens (including phenoxy) is 3. The van der Waals surface area contributed by atoms with Crippen molar-refractivity contribution in [3.05, 3.63) is 72.9 Å². The molecule has 0 aromatic carbocycles. The first-order valence-corrected chi connectivity index (χ1v) is 36.4. The van der Waals surface area contributed by atoms with Crippen LogP contribution in [0.2, 0.25) is 0 Å². The van der Waals surface area contributed by atoms with Crippen molar-refractivity contribution in [2.45, 2.75) is 386 Å². The molecular weight excluding hydrogens is 1020 g/mol. The standard InChI is InChI=1S/C77H138O6/c1-4-7-10-13-16-19-22-25-28-31-33-35-37-38-40-41-43-46-49-52-55-58-61-64-67-70-76(79)82-73-74(72-81-75(78)69-66-63-60-57-54-51-48-45-30-27-24-21-18-15-12-9-6-3)83-77(80)71-68-65-62-59-56-53-50-47-44-42-39-36-34-32-29-26-23-20-17-14-11-8-5-2/h9,12,18,21-22,25,27,30-31,33,37-38,74H,4-8,10-11,13-17,19-20,23-24,26,28-29,32,34-36,39-73H2,1-3H3/b12-9-,21-18-,25-22-,30-27-,33-31-,38-37-. The third kappa shape index (κ3) is 69.5. The molecule has 0 saturated carbocycles. The smallest absolute Gasteiger partial charge is 0.306 e. The molecule has 482 valence electrons. The highest BCUT2D eigenvalue weighted by molar-refractivity contribution is 5.71. The number of esters is 3. The number of hydrogen-bond donors (Lipinski definition) is 0. The molecule has 83 heavy (non-hydrogen) atoms. The number of unbranched alkanes of at least 4 members (excludes halogenated alkanes) is 44. The van der Waals surface area contributed by atoms with E-state index in [0.29, 0.717) is 19.3 Å². The predicted molar refractivity (Wildman–Crippen MR) is 362 cm³/mol. The molecule has 0 amide bonds. The highest BCUT2D eigenvalue weighted by atomic mass is 16.6. The summed E-state index contributed by atoms with van der Waals surface area (Å²) in [7, 11) is 0. The zero-order valence-corrected chi connectivity index (χ0v) is 55.5. The van der Waals surface area contributed by atoms with E-state index in [-0.39, 0.29) is 31.1 Å². The number of hydrogen-bond acceptors (Lipinski definition) is 6. The topological polar surface area (TPSA) is 78.9 Å². The van der Waals surface area contributed by atoms with Crippen LogP contribution in [0.1, 0.15) is 380 Å². The lowest BCUT2D eigenvalue weighted by Gasteiger charge is -2.18. The maximum atomic E-state index is 13.0. The number of allylic oxidation sites excluding steroid dienone is 12. The van der Waals surface area contributed by atoms with Gasteiger partial charge in [0.25, 0.3) is 0 Å². The summed E-state index contributed by atoms with van der Waals surface area (Å²) in [6.07, 6.45) is 93.6. The molecule has 0 spiro atoms. The maximum Gasteiger partial charge on any atom is 0.306 e. The van der Waals surface area contributed by atoms with Gasteiger partial charge < -0.3 is 14.2 Å². The minimum atomic E-state index is -0.782. The monoisotopic (exact) mass is 1160 g/mol. The molecule has 6 nitrogen and oxygen atoms in total. The van der Waals surface area contributed by atoms with E-state index in [1.807, 2.05) is 0 Å². The van der Waals surface area contributed by atoms with E-state index < -0.39 is 6.10 Å². The van der Waals surface area contributed by atoms with E-state index in [1.165, 1.54) is 244 Å². The Kier molecular flexibility index (Phi) is 68.6. The van der Waals surface area contributed by atoms with Gasteiger partial charge in [0.2, 0.25) is 0 Å². The molecule has 1 atom stereocenters. The van der Waals surface area contributed by atoms with Crippen LogP contribution in [0, 0.1) is 0 Å². The van der Waals surface area contributed by atoms with Crippen LogP contribution in [0.5, 0.6) is 0 Å². The van der Waals surface area contributed by atoms with E-state index in [4.69, 9.17) is 14.2 Å². The first-order chi connectivity index (χ1) is 41.0. The summed E-state index contributed by atoms with van der Waals surface area (Å²) >= 11 is 0. The van der Waals surface area contributed by atoms with Crippen LogP contribution >= 0.6 is 0 Å². The second-order valence-electron chi connectivity index (χ2n) is 24.5. The molecular formula is C77H138O6. The Morgan fingerprint density at radius 2 is 0.470 bits per heavy atom. The average Bonchev–Trinajstić information content (AvgIpc) is 3.49. The molecule has 0 heterocycles.